The third-order valence-corrected chi connectivity index (χ3v) is 3.90. The smallest absolute Gasteiger partial charge is 0.260 e. The Balaban J connectivity index is 1.90. The van der Waals surface area contributed by atoms with E-state index in [-0.39, 0.29) is 25.0 Å². The molecule has 0 aromatic heterocycles. The fourth-order valence-corrected chi connectivity index (χ4v) is 2.43. The lowest BCUT2D eigenvalue weighted by atomic mass is 10.3. The van der Waals surface area contributed by atoms with Crippen LogP contribution in [0, 0.1) is 0 Å². The number of carbonyl (C=O) groups is 2. The van der Waals surface area contributed by atoms with Gasteiger partial charge in [0.05, 0.1) is 26.5 Å². The zero-order chi connectivity index (χ0) is 19.8. The SMILES string of the molecule is COc1ccc(Cl)cc1NC(=O)CN(C)C(=O)COc1ccccc1OC. The zero-order valence-electron chi connectivity index (χ0n) is 15.3. The highest BCUT2D eigenvalue weighted by atomic mass is 35.5. The van der Waals surface area contributed by atoms with Crippen LogP contribution in [0.5, 0.6) is 17.2 Å². The second-order valence-electron chi connectivity index (χ2n) is 5.58. The summed E-state index contributed by atoms with van der Waals surface area (Å²) in [5, 5.41) is 3.14. The van der Waals surface area contributed by atoms with E-state index in [0.717, 1.165) is 0 Å². The molecule has 0 radical (unpaired) electrons. The van der Waals surface area contributed by atoms with E-state index in [1.807, 2.05) is 0 Å². The molecule has 0 aliphatic rings. The molecule has 0 unspecified atom stereocenters. The van der Waals surface area contributed by atoms with Crippen molar-refractivity contribution in [1.82, 2.24) is 4.90 Å². The number of hydrogen-bond acceptors (Lipinski definition) is 5. The van der Waals surface area contributed by atoms with Crippen molar-refractivity contribution in [3.63, 3.8) is 0 Å². The second-order valence-corrected chi connectivity index (χ2v) is 6.02. The third-order valence-electron chi connectivity index (χ3n) is 3.66. The number of methoxy groups -OCH3 is 2. The number of anilines is 1. The number of benzene rings is 2. The molecule has 2 amide bonds. The number of para-hydroxylation sites is 2. The average Bonchev–Trinajstić information content (AvgIpc) is 2.66. The lowest BCUT2D eigenvalue weighted by Crippen LogP contribution is -2.37. The van der Waals surface area contributed by atoms with Gasteiger partial charge in [0.25, 0.3) is 5.91 Å². The number of likely N-dealkylation sites (N-methyl/N-ethyl adjacent to an activating group) is 1. The highest BCUT2D eigenvalue weighted by molar-refractivity contribution is 6.31. The Kier molecular flexibility index (Phi) is 7.31. The van der Waals surface area contributed by atoms with E-state index in [1.54, 1.807) is 42.5 Å². The van der Waals surface area contributed by atoms with Crippen molar-refractivity contribution in [3.05, 3.63) is 47.5 Å². The van der Waals surface area contributed by atoms with Crippen LogP contribution in [0.2, 0.25) is 5.02 Å². The number of nitrogens with zero attached hydrogens (tertiary/aromatic N) is 1. The standard InChI is InChI=1S/C19H21ClN2O5/c1-22(19(24)12-27-17-7-5-4-6-16(17)26-3)11-18(23)21-14-10-13(20)8-9-15(14)25-2/h4-10H,11-12H2,1-3H3,(H,21,23). The molecule has 0 bridgehead atoms. The van der Waals surface area contributed by atoms with Gasteiger partial charge < -0.3 is 24.4 Å². The van der Waals surface area contributed by atoms with Gasteiger partial charge in [0.1, 0.15) is 5.75 Å². The Labute approximate surface area is 162 Å². The van der Waals surface area contributed by atoms with Crippen LogP contribution >= 0.6 is 11.6 Å². The molecular weight excluding hydrogens is 372 g/mol. The first-order chi connectivity index (χ1) is 12.9. The number of halogens is 1. The van der Waals surface area contributed by atoms with Gasteiger partial charge in [0, 0.05) is 12.1 Å². The molecular formula is C19H21ClN2O5. The van der Waals surface area contributed by atoms with Gasteiger partial charge in [0.15, 0.2) is 18.1 Å². The van der Waals surface area contributed by atoms with Crippen LogP contribution < -0.4 is 19.5 Å². The highest BCUT2D eigenvalue weighted by Crippen LogP contribution is 2.28. The lowest BCUT2D eigenvalue weighted by Gasteiger charge is -2.18. The molecule has 27 heavy (non-hydrogen) atoms. The van der Waals surface area contributed by atoms with E-state index in [4.69, 9.17) is 25.8 Å². The fourth-order valence-electron chi connectivity index (χ4n) is 2.26. The maximum absolute atomic E-state index is 12.2. The number of ether oxygens (including phenoxy) is 3. The number of hydrogen-bond donors (Lipinski definition) is 1. The van der Waals surface area contributed by atoms with E-state index in [0.29, 0.717) is 28.0 Å². The third kappa shape index (κ3) is 5.79. The fraction of sp³-hybridized carbons (Fsp3) is 0.263. The number of rotatable bonds is 8. The molecule has 0 heterocycles. The second kappa shape index (κ2) is 9.68. The predicted octanol–water partition coefficient (Wildman–Crippen LogP) is 2.83. The Morgan fingerprint density at radius 1 is 1.04 bits per heavy atom. The summed E-state index contributed by atoms with van der Waals surface area (Å²) in [5.41, 5.74) is 0.432. The molecule has 1 N–H and O–H groups in total. The minimum absolute atomic E-state index is 0.149. The largest absolute Gasteiger partial charge is 0.495 e. The quantitative estimate of drug-likeness (QED) is 0.747. The van der Waals surface area contributed by atoms with Gasteiger partial charge in [-0.3, -0.25) is 9.59 Å². The first kappa shape index (κ1) is 20.4. The van der Waals surface area contributed by atoms with Gasteiger partial charge in [-0.05, 0) is 30.3 Å². The summed E-state index contributed by atoms with van der Waals surface area (Å²) in [6.45, 7) is -0.367. The van der Waals surface area contributed by atoms with Crippen molar-refractivity contribution in [1.29, 1.82) is 0 Å². The maximum atomic E-state index is 12.2. The normalized spacial score (nSPS) is 10.1. The average molecular weight is 393 g/mol. The lowest BCUT2D eigenvalue weighted by molar-refractivity contribution is -0.135. The Morgan fingerprint density at radius 2 is 1.70 bits per heavy atom. The Hall–Kier alpha value is -2.93. The van der Waals surface area contributed by atoms with Crippen LogP contribution in [-0.2, 0) is 9.59 Å². The van der Waals surface area contributed by atoms with E-state index in [1.165, 1.54) is 26.2 Å². The van der Waals surface area contributed by atoms with Crippen LogP contribution in [0.4, 0.5) is 5.69 Å². The topological polar surface area (TPSA) is 77.1 Å². The predicted molar refractivity (Wildman–Crippen MR) is 103 cm³/mol. The van der Waals surface area contributed by atoms with Crippen molar-refractivity contribution < 1.29 is 23.8 Å². The van der Waals surface area contributed by atoms with Gasteiger partial charge in [-0.2, -0.15) is 0 Å². The van der Waals surface area contributed by atoms with Gasteiger partial charge >= 0.3 is 0 Å². The monoisotopic (exact) mass is 392 g/mol. The highest BCUT2D eigenvalue weighted by Gasteiger charge is 2.16. The summed E-state index contributed by atoms with van der Waals surface area (Å²) in [4.78, 5) is 25.7. The molecule has 0 saturated carbocycles. The van der Waals surface area contributed by atoms with Crippen LogP contribution in [0.1, 0.15) is 0 Å². The maximum Gasteiger partial charge on any atom is 0.260 e. The first-order valence-electron chi connectivity index (χ1n) is 8.07. The van der Waals surface area contributed by atoms with Crippen LogP contribution in [0.15, 0.2) is 42.5 Å². The zero-order valence-corrected chi connectivity index (χ0v) is 16.1. The Morgan fingerprint density at radius 3 is 2.37 bits per heavy atom. The molecule has 0 atom stereocenters. The summed E-state index contributed by atoms with van der Waals surface area (Å²) >= 11 is 5.94. The van der Waals surface area contributed by atoms with Crippen LogP contribution in [0.3, 0.4) is 0 Å². The summed E-state index contributed by atoms with van der Waals surface area (Å²) < 4.78 is 15.8. The molecule has 0 fully saturated rings. The summed E-state index contributed by atoms with van der Waals surface area (Å²) in [7, 11) is 4.52. The van der Waals surface area contributed by atoms with Crippen molar-refractivity contribution in [2.45, 2.75) is 0 Å². The van der Waals surface area contributed by atoms with Gasteiger partial charge in [-0.25, -0.2) is 0 Å². The summed E-state index contributed by atoms with van der Waals surface area (Å²) in [5.74, 6) is 0.715. The van der Waals surface area contributed by atoms with Crippen molar-refractivity contribution in [2.75, 3.05) is 39.7 Å². The van der Waals surface area contributed by atoms with E-state index < -0.39 is 0 Å². The van der Waals surface area contributed by atoms with Crippen LogP contribution in [-0.4, -0.2) is 51.1 Å². The minimum Gasteiger partial charge on any atom is -0.495 e. The number of carbonyl (C=O) groups excluding carboxylic acids is 2. The Bertz CT molecular complexity index is 812. The molecule has 144 valence electrons. The molecule has 0 aliphatic carbocycles. The molecule has 0 spiro atoms. The minimum atomic E-state index is -0.385. The van der Waals surface area contributed by atoms with E-state index in [2.05, 4.69) is 5.32 Å². The van der Waals surface area contributed by atoms with Crippen molar-refractivity contribution >= 4 is 29.1 Å². The summed E-state index contributed by atoms with van der Waals surface area (Å²) in [6, 6.07) is 11.9. The van der Waals surface area contributed by atoms with Gasteiger partial charge in [0.2, 0.25) is 5.91 Å². The van der Waals surface area contributed by atoms with Crippen molar-refractivity contribution in [3.8, 4) is 17.2 Å². The molecule has 8 heteroatoms. The van der Waals surface area contributed by atoms with Crippen molar-refractivity contribution in [2.24, 2.45) is 0 Å². The molecule has 2 aromatic rings. The number of nitrogens with one attached hydrogen (secondary N) is 1. The van der Waals surface area contributed by atoms with E-state index >= 15 is 0 Å². The molecule has 2 rings (SSSR count). The first-order valence-corrected chi connectivity index (χ1v) is 8.45. The molecule has 7 nitrogen and oxygen atoms in total. The van der Waals surface area contributed by atoms with Gasteiger partial charge in [-0.15, -0.1) is 0 Å². The van der Waals surface area contributed by atoms with Crippen LogP contribution in [0.25, 0.3) is 0 Å². The molecule has 0 aliphatic heterocycles. The van der Waals surface area contributed by atoms with Gasteiger partial charge in [-0.1, -0.05) is 23.7 Å². The summed E-state index contributed by atoms with van der Waals surface area (Å²) in [6.07, 6.45) is 0. The number of amides is 2. The molecule has 0 saturated heterocycles. The molecule has 2 aromatic carbocycles. The van der Waals surface area contributed by atoms with E-state index in [9.17, 15) is 9.59 Å².